The monoisotopic (exact) mass is 448 g/mol. The van der Waals surface area contributed by atoms with Gasteiger partial charge in [-0.3, -0.25) is 0 Å². The van der Waals surface area contributed by atoms with Crippen LogP contribution in [0.5, 0.6) is 11.5 Å². The Morgan fingerprint density at radius 1 is 0.500 bits per heavy atom. The summed E-state index contributed by atoms with van der Waals surface area (Å²) < 4.78 is 10.9. The van der Waals surface area contributed by atoms with E-state index in [0.29, 0.717) is 0 Å². The summed E-state index contributed by atoms with van der Waals surface area (Å²) in [5.41, 5.74) is 10.6. The summed E-state index contributed by atoms with van der Waals surface area (Å²) in [6, 6.07) is 20.9. The maximum atomic E-state index is 5.45. The third-order valence-corrected chi connectivity index (χ3v) is 6.52. The Hall–Kier alpha value is -3.92. The molecule has 0 saturated carbocycles. The number of ether oxygens (including phenoxy) is 2. The Labute approximate surface area is 200 Å². The van der Waals surface area contributed by atoms with Crippen LogP contribution in [0.1, 0.15) is 22.3 Å². The van der Waals surface area contributed by atoms with Gasteiger partial charge in [0, 0.05) is 21.9 Å². The van der Waals surface area contributed by atoms with Crippen molar-refractivity contribution in [3.63, 3.8) is 0 Å². The van der Waals surface area contributed by atoms with Gasteiger partial charge >= 0.3 is 0 Å². The molecule has 5 aromatic rings. The van der Waals surface area contributed by atoms with Crippen LogP contribution < -0.4 is 9.47 Å². The molecule has 0 fully saturated rings. The molecule has 2 aromatic heterocycles. The third kappa shape index (κ3) is 3.65. The molecule has 0 aliphatic rings. The van der Waals surface area contributed by atoms with E-state index < -0.39 is 0 Å². The summed E-state index contributed by atoms with van der Waals surface area (Å²) in [5.74, 6) is 1.73. The first-order chi connectivity index (χ1) is 16.4. The molecule has 0 atom stereocenters. The second-order valence-electron chi connectivity index (χ2n) is 8.87. The fourth-order valence-corrected chi connectivity index (χ4v) is 4.94. The van der Waals surface area contributed by atoms with Crippen molar-refractivity contribution in [2.75, 3.05) is 14.2 Å². The topological polar surface area (TPSA) is 44.2 Å². The number of methoxy groups -OCH3 is 2. The van der Waals surface area contributed by atoms with E-state index in [1.54, 1.807) is 14.2 Å². The molecule has 0 aliphatic carbocycles. The number of nitrogens with zero attached hydrogens (tertiary/aromatic N) is 2. The fourth-order valence-electron chi connectivity index (χ4n) is 4.94. The van der Waals surface area contributed by atoms with E-state index in [4.69, 9.17) is 19.4 Å². The molecular weight excluding hydrogens is 420 g/mol. The van der Waals surface area contributed by atoms with Gasteiger partial charge in [0.2, 0.25) is 0 Å². The average molecular weight is 449 g/mol. The number of aryl methyl sites for hydroxylation is 4. The molecule has 0 N–H and O–H groups in total. The number of hydrogen-bond acceptors (Lipinski definition) is 4. The predicted molar refractivity (Wildman–Crippen MR) is 140 cm³/mol. The second-order valence-corrected chi connectivity index (χ2v) is 8.87. The van der Waals surface area contributed by atoms with E-state index in [9.17, 15) is 0 Å². The Morgan fingerprint density at radius 3 is 1.15 bits per heavy atom. The lowest BCUT2D eigenvalue weighted by Crippen LogP contribution is -1.96. The van der Waals surface area contributed by atoms with Gasteiger partial charge in [0.25, 0.3) is 0 Å². The molecule has 0 aliphatic heterocycles. The largest absolute Gasteiger partial charge is 0.497 e. The van der Waals surface area contributed by atoms with Crippen LogP contribution in [0.4, 0.5) is 0 Å². The van der Waals surface area contributed by atoms with Crippen LogP contribution in [-0.4, -0.2) is 24.2 Å². The number of hydrogen-bond donors (Lipinski definition) is 0. The number of rotatable bonds is 4. The summed E-state index contributed by atoms with van der Waals surface area (Å²) in [5, 5.41) is 2.15. The van der Waals surface area contributed by atoms with Crippen molar-refractivity contribution in [3.8, 4) is 34.0 Å². The molecule has 5 rings (SSSR count). The predicted octanol–water partition coefficient (Wildman–Crippen LogP) is 7.37. The van der Waals surface area contributed by atoms with E-state index in [2.05, 4.69) is 88.4 Å². The molecule has 2 heterocycles. The van der Waals surface area contributed by atoms with E-state index >= 15 is 0 Å². The molecule has 3 aromatic carbocycles. The highest BCUT2D eigenvalue weighted by Gasteiger charge is 2.14. The lowest BCUT2D eigenvalue weighted by molar-refractivity contribution is 0.414. The van der Waals surface area contributed by atoms with Gasteiger partial charge in [0.15, 0.2) is 0 Å². The Bertz CT molecular complexity index is 1410. The van der Waals surface area contributed by atoms with Gasteiger partial charge in [-0.05, 0) is 86.3 Å². The molecule has 4 nitrogen and oxygen atoms in total. The average Bonchev–Trinajstić information content (AvgIpc) is 2.82. The fraction of sp³-hybridized carbons (Fsp3) is 0.200. The van der Waals surface area contributed by atoms with Gasteiger partial charge in [-0.15, -0.1) is 0 Å². The zero-order valence-electron chi connectivity index (χ0n) is 20.5. The van der Waals surface area contributed by atoms with Crippen LogP contribution >= 0.6 is 0 Å². The summed E-state index contributed by atoms with van der Waals surface area (Å²) in [7, 11) is 3.40. The Morgan fingerprint density at radius 2 is 0.824 bits per heavy atom. The smallest absolute Gasteiger partial charge is 0.119 e. The molecule has 0 saturated heterocycles. The quantitative estimate of drug-likeness (QED) is 0.269. The van der Waals surface area contributed by atoms with E-state index in [1.807, 2.05) is 0 Å². The highest BCUT2D eigenvalue weighted by Crippen LogP contribution is 2.34. The first kappa shape index (κ1) is 21.9. The van der Waals surface area contributed by atoms with Crippen molar-refractivity contribution in [1.82, 2.24) is 9.97 Å². The number of aromatic nitrogens is 2. The van der Waals surface area contributed by atoms with Crippen molar-refractivity contribution in [2.45, 2.75) is 27.7 Å². The molecule has 4 heteroatoms. The van der Waals surface area contributed by atoms with E-state index in [-0.39, 0.29) is 0 Å². The SMILES string of the molecule is COc1cc(C)c(-c2ccc3ccc4ccc(-c5c(C)cc(OC)cc5C)nc4c3n2)c(C)c1. The van der Waals surface area contributed by atoms with Crippen molar-refractivity contribution in [3.05, 3.63) is 82.9 Å². The zero-order chi connectivity index (χ0) is 24.0. The molecule has 0 amide bonds. The van der Waals surface area contributed by atoms with Crippen LogP contribution in [0.3, 0.4) is 0 Å². The Kier molecular flexibility index (Phi) is 5.45. The minimum Gasteiger partial charge on any atom is -0.497 e. The summed E-state index contributed by atoms with van der Waals surface area (Å²) in [6.07, 6.45) is 0. The van der Waals surface area contributed by atoms with Gasteiger partial charge in [0.1, 0.15) is 11.5 Å². The number of benzene rings is 3. The molecule has 0 radical (unpaired) electrons. The van der Waals surface area contributed by atoms with Crippen LogP contribution in [0.25, 0.3) is 44.3 Å². The normalized spacial score (nSPS) is 11.2. The van der Waals surface area contributed by atoms with Gasteiger partial charge < -0.3 is 9.47 Å². The Balaban J connectivity index is 1.74. The highest BCUT2D eigenvalue weighted by molar-refractivity contribution is 6.04. The first-order valence-corrected chi connectivity index (χ1v) is 11.4. The highest BCUT2D eigenvalue weighted by atomic mass is 16.5. The molecule has 0 unspecified atom stereocenters. The molecule has 34 heavy (non-hydrogen) atoms. The second kappa shape index (κ2) is 8.45. The van der Waals surface area contributed by atoms with Crippen molar-refractivity contribution < 1.29 is 9.47 Å². The summed E-state index contributed by atoms with van der Waals surface area (Å²) in [4.78, 5) is 10.3. The zero-order valence-corrected chi connectivity index (χ0v) is 20.5. The third-order valence-electron chi connectivity index (χ3n) is 6.52. The van der Waals surface area contributed by atoms with E-state index in [0.717, 1.165) is 78.1 Å². The standard InChI is InChI=1S/C30H28N2O2/c1-17-13-23(33-5)14-18(2)27(17)25-11-9-21-7-8-22-10-12-26(32-30(22)29(21)31-25)28-19(3)15-24(34-6)16-20(28)4/h7-16H,1-6H3. The van der Waals surface area contributed by atoms with Crippen LogP contribution in [0.2, 0.25) is 0 Å². The molecule has 0 spiro atoms. The minimum atomic E-state index is 0.863. The van der Waals surface area contributed by atoms with Crippen molar-refractivity contribution >= 4 is 21.8 Å². The van der Waals surface area contributed by atoms with Crippen LogP contribution in [0, 0.1) is 27.7 Å². The molecular formula is C30H28N2O2. The maximum Gasteiger partial charge on any atom is 0.119 e. The molecule has 170 valence electrons. The van der Waals surface area contributed by atoms with Gasteiger partial charge in [-0.1, -0.05) is 24.3 Å². The van der Waals surface area contributed by atoms with Gasteiger partial charge in [-0.2, -0.15) is 0 Å². The number of pyridine rings is 2. The lowest BCUT2D eigenvalue weighted by atomic mass is 9.97. The van der Waals surface area contributed by atoms with Crippen LogP contribution in [-0.2, 0) is 0 Å². The van der Waals surface area contributed by atoms with Crippen LogP contribution in [0.15, 0.2) is 60.7 Å². The van der Waals surface area contributed by atoms with Gasteiger partial charge in [0.05, 0.1) is 36.6 Å². The minimum absolute atomic E-state index is 0.863. The maximum absolute atomic E-state index is 5.45. The number of fused-ring (bicyclic) bond motifs is 3. The lowest BCUT2D eigenvalue weighted by Gasteiger charge is -2.14. The van der Waals surface area contributed by atoms with E-state index in [1.165, 1.54) is 0 Å². The summed E-state index contributed by atoms with van der Waals surface area (Å²) >= 11 is 0. The first-order valence-electron chi connectivity index (χ1n) is 11.4. The molecule has 0 bridgehead atoms. The van der Waals surface area contributed by atoms with Gasteiger partial charge in [-0.25, -0.2) is 9.97 Å². The van der Waals surface area contributed by atoms with Crippen molar-refractivity contribution in [1.29, 1.82) is 0 Å². The van der Waals surface area contributed by atoms with Crippen molar-refractivity contribution in [2.24, 2.45) is 0 Å². The summed E-state index contributed by atoms with van der Waals surface area (Å²) in [6.45, 7) is 8.41.